The number of rotatable bonds is 5. The van der Waals surface area contributed by atoms with Gasteiger partial charge in [-0.05, 0) is 31.0 Å². The second-order valence-electron chi connectivity index (χ2n) is 11.5. The summed E-state index contributed by atoms with van der Waals surface area (Å²) in [4.78, 5) is 33.0. The fourth-order valence-electron chi connectivity index (χ4n) is 8.79. The maximum absolute atomic E-state index is 13.8. The molecule has 6 rings (SSSR count). The summed E-state index contributed by atoms with van der Waals surface area (Å²) in [5.74, 6) is -0.599. The zero-order valence-corrected chi connectivity index (χ0v) is 23.4. The Hall–Kier alpha value is -2.82. The molecular formula is C29H39N3O7. The average molecular weight is 542 g/mol. The van der Waals surface area contributed by atoms with Crippen molar-refractivity contribution >= 4 is 23.3 Å². The van der Waals surface area contributed by atoms with E-state index in [1.54, 1.807) is 7.11 Å². The van der Waals surface area contributed by atoms with Crippen LogP contribution in [0.2, 0.25) is 0 Å². The zero-order chi connectivity index (χ0) is 27.7. The minimum absolute atomic E-state index is 0.103. The van der Waals surface area contributed by atoms with E-state index < -0.39 is 40.5 Å². The Bertz CT molecular complexity index is 1220. The van der Waals surface area contributed by atoms with Gasteiger partial charge in [0.1, 0.15) is 5.75 Å². The molecular weight excluding hydrogens is 502 g/mol. The van der Waals surface area contributed by atoms with E-state index >= 15 is 0 Å². The van der Waals surface area contributed by atoms with Crippen molar-refractivity contribution in [3.63, 3.8) is 0 Å². The van der Waals surface area contributed by atoms with Crippen molar-refractivity contribution in [3.8, 4) is 5.75 Å². The Kier molecular flexibility index (Phi) is 6.17. The number of likely N-dealkylation sites (N-methyl/N-ethyl adjacent to an activating group) is 1. The van der Waals surface area contributed by atoms with Gasteiger partial charge in [0, 0.05) is 62.2 Å². The van der Waals surface area contributed by atoms with Crippen molar-refractivity contribution < 1.29 is 33.6 Å². The lowest BCUT2D eigenvalue weighted by Crippen LogP contribution is -2.81. The first kappa shape index (κ1) is 26.4. The van der Waals surface area contributed by atoms with E-state index in [9.17, 15) is 14.7 Å². The molecule has 1 saturated carbocycles. The lowest BCUT2D eigenvalue weighted by Gasteiger charge is -2.63. The van der Waals surface area contributed by atoms with Crippen molar-refractivity contribution in [3.05, 3.63) is 29.8 Å². The molecule has 10 nitrogen and oxygen atoms in total. The second kappa shape index (κ2) is 9.11. The third-order valence-corrected chi connectivity index (χ3v) is 10.1. The second-order valence-corrected chi connectivity index (χ2v) is 11.5. The maximum Gasteiger partial charge on any atom is 0.344 e. The molecule has 5 aliphatic rings. The molecule has 1 spiro atoms. The average Bonchev–Trinajstić information content (AvgIpc) is 3.46. The summed E-state index contributed by atoms with van der Waals surface area (Å²) < 4.78 is 22.8. The number of methoxy groups -OCH3 is 2. The molecule has 4 heterocycles. The van der Waals surface area contributed by atoms with Crippen LogP contribution in [0.1, 0.15) is 32.3 Å². The molecule has 0 amide bonds. The van der Waals surface area contributed by atoms with E-state index in [4.69, 9.17) is 18.9 Å². The van der Waals surface area contributed by atoms with Crippen molar-refractivity contribution in [2.75, 3.05) is 70.5 Å². The van der Waals surface area contributed by atoms with Crippen molar-refractivity contribution in [1.82, 2.24) is 4.90 Å². The molecule has 1 aliphatic carbocycles. The molecule has 1 aromatic carbocycles. The lowest BCUT2D eigenvalue weighted by atomic mass is 9.47. The van der Waals surface area contributed by atoms with Crippen LogP contribution in [-0.2, 0) is 29.2 Å². The molecule has 0 unspecified atom stereocenters. The molecule has 212 valence electrons. The first-order chi connectivity index (χ1) is 18.7. The van der Waals surface area contributed by atoms with E-state index in [0.717, 1.165) is 55.3 Å². The molecule has 3 fully saturated rings. The predicted octanol–water partition coefficient (Wildman–Crippen LogP) is 1.48. The Morgan fingerprint density at radius 3 is 2.51 bits per heavy atom. The minimum Gasteiger partial charge on any atom is -0.495 e. The molecule has 39 heavy (non-hydrogen) atoms. The predicted molar refractivity (Wildman–Crippen MR) is 144 cm³/mol. The first-order valence-corrected chi connectivity index (χ1v) is 13.9. The van der Waals surface area contributed by atoms with Gasteiger partial charge in [-0.25, -0.2) is 4.79 Å². The van der Waals surface area contributed by atoms with Crippen LogP contribution in [0.3, 0.4) is 0 Å². The van der Waals surface area contributed by atoms with E-state index in [-0.39, 0.29) is 6.04 Å². The zero-order valence-electron chi connectivity index (χ0n) is 23.4. The Labute approximate surface area is 229 Å². The summed E-state index contributed by atoms with van der Waals surface area (Å²) in [5.41, 5.74) is -0.578. The van der Waals surface area contributed by atoms with E-state index in [1.807, 2.05) is 24.9 Å². The number of benzene rings is 1. The summed E-state index contributed by atoms with van der Waals surface area (Å²) in [6.07, 6.45) is 4.35. The number of fused-ring (bicyclic) bond motifs is 1. The number of hydrogen-bond acceptors (Lipinski definition) is 10. The van der Waals surface area contributed by atoms with Crippen LogP contribution in [0, 0.1) is 5.41 Å². The molecule has 10 heteroatoms. The number of esters is 2. The van der Waals surface area contributed by atoms with Crippen molar-refractivity contribution in [2.45, 2.75) is 55.9 Å². The van der Waals surface area contributed by atoms with Crippen LogP contribution in [0.5, 0.6) is 5.75 Å². The van der Waals surface area contributed by atoms with Crippen LogP contribution in [0.4, 0.5) is 11.4 Å². The molecule has 1 aromatic rings. The standard InChI is InChI=1S/C29H39N3O7/c1-6-27-8-7-10-32-11-9-28(23(27)32)19-16-21(31-12-14-38-15-13-31)22(36-4)17-20(19)30(3)24(28)29(35,26(34)37-5)25(27)39-18(2)33/h7-8,16-17,23-25,35H,6,9-15H2,1-5H3/t23-,24+,25+,27+,28+,29-/m0/s1. The van der Waals surface area contributed by atoms with Gasteiger partial charge in [-0.2, -0.15) is 0 Å². The summed E-state index contributed by atoms with van der Waals surface area (Å²) in [6.45, 7) is 7.70. The van der Waals surface area contributed by atoms with Crippen molar-refractivity contribution in [1.29, 1.82) is 0 Å². The van der Waals surface area contributed by atoms with Crippen LogP contribution in [0.25, 0.3) is 0 Å². The third-order valence-electron chi connectivity index (χ3n) is 10.1. The van der Waals surface area contributed by atoms with Gasteiger partial charge >= 0.3 is 11.9 Å². The van der Waals surface area contributed by atoms with Gasteiger partial charge in [0.2, 0.25) is 5.60 Å². The highest BCUT2D eigenvalue weighted by Gasteiger charge is 2.80. The molecule has 2 saturated heterocycles. The van der Waals surface area contributed by atoms with Crippen LogP contribution >= 0.6 is 0 Å². The first-order valence-electron chi connectivity index (χ1n) is 13.9. The van der Waals surface area contributed by atoms with Gasteiger partial charge in [-0.3, -0.25) is 9.69 Å². The summed E-state index contributed by atoms with van der Waals surface area (Å²) in [6, 6.07) is 3.42. The SMILES string of the molecule is CC[C@]12C=CCN3CC[C@@]4(c5cc(N6CCOCC6)c(OC)cc5N(C)[C@H]4[C@@](O)(C(=O)OC)[C@@H]1OC(C)=O)[C@@H]32. The summed E-state index contributed by atoms with van der Waals surface area (Å²) >= 11 is 0. The Morgan fingerprint density at radius 2 is 1.87 bits per heavy atom. The largest absolute Gasteiger partial charge is 0.495 e. The summed E-state index contributed by atoms with van der Waals surface area (Å²) in [5, 5.41) is 12.8. The highest BCUT2D eigenvalue weighted by molar-refractivity contribution is 5.87. The number of morpholine rings is 1. The Balaban J connectivity index is 1.65. The molecule has 0 aromatic heterocycles. The molecule has 6 atom stereocenters. The monoisotopic (exact) mass is 541 g/mol. The van der Waals surface area contributed by atoms with E-state index in [0.29, 0.717) is 19.6 Å². The number of carbonyl (C=O) groups is 2. The fraction of sp³-hybridized carbons (Fsp3) is 0.655. The number of carbonyl (C=O) groups excluding carboxylic acids is 2. The number of aliphatic hydroxyl groups is 1. The van der Waals surface area contributed by atoms with Gasteiger partial charge in [0.15, 0.2) is 6.10 Å². The summed E-state index contributed by atoms with van der Waals surface area (Å²) in [7, 11) is 4.85. The molecule has 0 radical (unpaired) electrons. The van der Waals surface area contributed by atoms with E-state index in [1.165, 1.54) is 14.0 Å². The topological polar surface area (TPSA) is 101 Å². The van der Waals surface area contributed by atoms with Gasteiger partial charge in [0.05, 0.1) is 39.2 Å². The highest BCUT2D eigenvalue weighted by atomic mass is 16.6. The van der Waals surface area contributed by atoms with E-state index in [2.05, 4.69) is 28.0 Å². The number of nitrogens with zero attached hydrogens (tertiary/aromatic N) is 3. The smallest absolute Gasteiger partial charge is 0.344 e. The van der Waals surface area contributed by atoms with Gasteiger partial charge in [-0.15, -0.1) is 0 Å². The normalized spacial score (nSPS) is 36.7. The maximum atomic E-state index is 13.8. The third kappa shape index (κ3) is 3.25. The highest BCUT2D eigenvalue weighted by Crippen LogP contribution is 2.67. The Morgan fingerprint density at radius 1 is 1.13 bits per heavy atom. The number of ether oxygens (including phenoxy) is 4. The van der Waals surface area contributed by atoms with Gasteiger partial charge in [0.25, 0.3) is 0 Å². The van der Waals surface area contributed by atoms with Gasteiger partial charge < -0.3 is 33.9 Å². The van der Waals surface area contributed by atoms with Crippen molar-refractivity contribution in [2.24, 2.45) is 5.41 Å². The van der Waals surface area contributed by atoms with Crippen LogP contribution in [-0.4, -0.2) is 106 Å². The molecule has 1 N–H and O–H groups in total. The lowest BCUT2D eigenvalue weighted by molar-refractivity contribution is -0.228. The molecule has 0 bridgehead atoms. The quantitative estimate of drug-likeness (QED) is 0.436. The fourth-order valence-corrected chi connectivity index (χ4v) is 8.79. The number of anilines is 2. The van der Waals surface area contributed by atoms with Gasteiger partial charge in [-0.1, -0.05) is 19.1 Å². The minimum atomic E-state index is -2.12. The van der Waals surface area contributed by atoms with Crippen LogP contribution in [0.15, 0.2) is 24.3 Å². The molecule has 4 aliphatic heterocycles. The number of hydrogen-bond donors (Lipinski definition) is 1. The van der Waals surface area contributed by atoms with Crippen LogP contribution < -0.4 is 14.5 Å².